The first-order valence-electron chi connectivity index (χ1n) is 5.61. The number of halogens is 1. The monoisotopic (exact) mass is 283 g/mol. The van der Waals surface area contributed by atoms with Crippen LogP contribution in [0.2, 0.25) is 5.02 Å². The van der Waals surface area contributed by atoms with Gasteiger partial charge in [-0.3, -0.25) is 0 Å². The summed E-state index contributed by atoms with van der Waals surface area (Å²) in [6, 6.07) is 10.5. The predicted molar refractivity (Wildman–Crippen MR) is 74.9 cm³/mol. The van der Waals surface area contributed by atoms with Crippen LogP contribution in [0.5, 0.6) is 0 Å². The minimum Gasteiger partial charge on any atom is -0.319 e. The molecule has 96 valence electrons. The van der Waals surface area contributed by atoms with Crippen LogP contribution in [0, 0.1) is 0 Å². The molecule has 2 rings (SSSR count). The lowest BCUT2D eigenvalue weighted by molar-refractivity contribution is 0.594. The Morgan fingerprint density at radius 2 is 1.78 bits per heavy atom. The summed E-state index contributed by atoms with van der Waals surface area (Å²) in [6.07, 6.45) is 0. The van der Waals surface area contributed by atoms with Gasteiger partial charge in [0.25, 0.3) is 0 Å². The molecule has 0 saturated carbocycles. The molecule has 0 amide bonds. The minimum atomic E-state index is -3.29. The van der Waals surface area contributed by atoms with E-state index in [0.29, 0.717) is 21.8 Å². The maximum atomic E-state index is 12.2. The van der Waals surface area contributed by atoms with Crippen LogP contribution in [-0.4, -0.2) is 27.8 Å². The van der Waals surface area contributed by atoms with Crippen LogP contribution in [-0.2, 0) is 9.84 Å². The number of nitrogens with one attached hydrogen (secondary N) is 1. The zero-order valence-electron chi connectivity index (χ0n) is 9.98. The SMILES string of the molecule is CNCCS(=O)(=O)c1cccc2c(Cl)cccc12. The van der Waals surface area contributed by atoms with Crippen molar-refractivity contribution in [2.24, 2.45) is 0 Å². The van der Waals surface area contributed by atoms with Crippen molar-refractivity contribution in [3.8, 4) is 0 Å². The predicted octanol–water partition coefficient (Wildman–Crippen LogP) is 2.49. The quantitative estimate of drug-likeness (QED) is 0.938. The summed E-state index contributed by atoms with van der Waals surface area (Å²) in [5, 5.41) is 4.87. The standard InChI is InChI=1S/C13H14ClNO2S/c1-15-8-9-18(16,17)13-7-3-4-10-11(13)5-2-6-12(10)14/h2-7,15H,8-9H2,1H3. The third kappa shape index (κ3) is 2.51. The normalized spacial score (nSPS) is 11.9. The van der Waals surface area contributed by atoms with E-state index in [1.54, 1.807) is 37.4 Å². The average molecular weight is 284 g/mol. The third-order valence-electron chi connectivity index (χ3n) is 2.78. The number of rotatable bonds is 4. The van der Waals surface area contributed by atoms with Gasteiger partial charge >= 0.3 is 0 Å². The van der Waals surface area contributed by atoms with E-state index in [1.807, 2.05) is 6.07 Å². The molecule has 0 unspecified atom stereocenters. The van der Waals surface area contributed by atoms with Crippen molar-refractivity contribution in [3.63, 3.8) is 0 Å². The average Bonchev–Trinajstić information content (AvgIpc) is 2.36. The van der Waals surface area contributed by atoms with Gasteiger partial charge < -0.3 is 5.32 Å². The molecule has 0 spiro atoms. The second kappa shape index (κ2) is 5.26. The maximum Gasteiger partial charge on any atom is 0.180 e. The molecule has 0 bridgehead atoms. The highest BCUT2D eigenvalue weighted by Crippen LogP contribution is 2.28. The van der Waals surface area contributed by atoms with Crippen molar-refractivity contribution in [1.82, 2.24) is 5.32 Å². The van der Waals surface area contributed by atoms with Crippen LogP contribution in [0.4, 0.5) is 0 Å². The van der Waals surface area contributed by atoms with Gasteiger partial charge in [0, 0.05) is 22.3 Å². The minimum absolute atomic E-state index is 0.0785. The van der Waals surface area contributed by atoms with Gasteiger partial charge in [-0.1, -0.05) is 35.9 Å². The van der Waals surface area contributed by atoms with E-state index in [9.17, 15) is 8.42 Å². The fourth-order valence-electron chi connectivity index (χ4n) is 1.86. The van der Waals surface area contributed by atoms with E-state index in [-0.39, 0.29) is 5.75 Å². The summed E-state index contributed by atoms with van der Waals surface area (Å²) >= 11 is 6.08. The van der Waals surface area contributed by atoms with Gasteiger partial charge in [0.05, 0.1) is 10.6 Å². The Kier molecular flexibility index (Phi) is 3.90. The lowest BCUT2D eigenvalue weighted by atomic mass is 10.1. The third-order valence-corrected chi connectivity index (χ3v) is 4.88. The Morgan fingerprint density at radius 3 is 2.50 bits per heavy atom. The van der Waals surface area contributed by atoms with Gasteiger partial charge in [0.15, 0.2) is 9.84 Å². The molecule has 2 aromatic rings. The fraction of sp³-hybridized carbons (Fsp3) is 0.231. The van der Waals surface area contributed by atoms with Crippen molar-refractivity contribution in [2.45, 2.75) is 4.90 Å². The Morgan fingerprint density at radius 1 is 1.11 bits per heavy atom. The zero-order valence-corrected chi connectivity index (χ0v) is 11.6. The van der Waals surface area contributed by atoms with Gasteiger partial charge in [-0.25, -0.2) is 8.42 Å². The summed E-state index contributed by atoms with van der Waals surface area (Å²) < 4.78 is 24.5. The van der Waals surface area contributed by atoms with Crippen LogP contribution in [0.3, 0.4) is 0 Å². The highest BCUT2D eigenvalue weighted by Gasteiger charge is 2.17. The van der Waals surface area contributed by atoms with Crippen molar-refractivity contribution in [2.75, 3.05) is 19.3 Å². The van der Waals surface area contributed by atoms with Gasteiger partial charge in [-0.15, -0.1) is 0 Å². The summed E-state index contributed by atoms with van der Waals surface area (Å²) in [5.41, 5.74) is 0. The number of hydrogen-bond acceptors (Lipinski definition) is 3. The maximum absolute atomic E-state index is 12.2. The Bertz CT molecular complexity index is 668. The van der Waals surface area contributed by atoms with E-state index >= 15 is 0 Å². The summed E-state index contributed by atoms with van der Waals surface area (Å²) in [5.74, 6) is 0.0785. The van der Waals surface area contributed by atoms with E-state index in [4.69, 9.17) is 11.6 Å². The Hall–Kier alpha value is -1.10. The largest absolute Gasteiger partial charge is 0.319 e. The molecule has 0 heterocycles. The molecule has 0 saturated heterocycles. The number of benzene rings is 2. The van der Waals surface area contributed by atoms with Crippen LogP contribution in [0.1, 0.15) is 0 Å². The second-order valence-electron chi connectivity index (χ2n) is 4.01. The molecule has 0 aromatic heterocycles. The molecule has 0 aliphatic heterocycles. The van der Waals surface area contributed by atoms with Gasteiger partial charge in [0.1, 0.15) is 0 Å². The van der Waals surface area contributed by atoms with Crippen molar-refractivity contribution >= 4 is 32.2 Å². The summed E-state index contributed by atoms with van der Waals surface area (Å²) in [7, 11) is -1.56. The second-order valence-corrected chi connectivity index (χ2v) is 6.50. The Labute approximate surface area is 112 Å². The summed E-state index contributed by atoms with van der Waals surface area (Å²) in [4.78, 5) is 0.345. The van der Waals surface area contributed by atoms with Crippen LogP contribution >= 0.6 is 11.6 Å². The van der Waals surface area contributed by atoms with Gasteiger partial charge in [-0.05, 0) is 19.2 Å². The highest BCUT2D eigenvalue weighted by atomic mass is 35.5. The number of hydrogen-bond donors (Lipinski definition) is 1. The molecule has 0 aliphatic rings. The van der Waals surface area contributed by atoms with Gasteiger partial charge in [0.2, 0.25) is 0 Å². The molecule has 3 nitrogen and oxygen atoms in total. The van der Waals surface area contributed by atoms with Crippen LogP contribution in [0.25, 0.3) is 10.8 Å². The van der Waals surface area contributed by atoms with E-state index in [1.165, 1.54) is 0 Å². The van der Waals surface area contributed by atoms with E-state index in [2.05, 4.69) is 5.32 Å². The summed E-state index contributed by atoms with van der Waals surface area (Å²) in [6.45, 7) is 0.430. The molecular weight excluding hydrogens is 270 g/mol. The molecule has 2 aromatic carbocycles. The molecular formula is C13H14ClNO2S. The number of fused-ring (bicyclic) bond motifs is 1. The molecule has 0 radical (unpaired) electrons. The van der Waals surface area contributed by atoms with E-state index in [0.717, 1.165) is 5.39 Å². The smallest absolute Gasteiger partial charge is 0.180 e. The fourth-order valence-corrected chi connectivity index (χ4v) is 3.59. The topological polar surface area (TPSA) is 46.2 Å². The molecule has 0 fully saturated rings. The van der Waals surface area contributed by atoms with Crippen molar-refractivity contribution < 1.29 is 8.42 Å². The first-order chi connectivity index (χ1) is 8.56. The zero-order chi connectivity index (χ0) is 13.2. The van der Waals surface area contributed by atoms with Crippen molar-refractivity contribution in [1.29, 1.82) is 0 Å². The van der Waals surface area contributed by atoms with E-state index < -0.39 is 9.84 Å². The van der Waals surface area contributed by atoms with Gasteiger partial charge in [-0.2, -0.15) is 0 Å². The molecule has 0 atom stereocenters. The molecule has 5 heteroatoms. The number of sulfone groups is 1. The Balaban J connectivity index is 2.62. The first-order valence-corrected chi connectivity index (χ1v) is 7.64. The van der Waals surface area contributed by atoms with Crippen LogP contribution in [0.15, 0.2) is 41.3 Å². The molecule has 0 aliphatic carbocycles. The highest BCUT2D eigenvalue weighted by molar-refractivity contribution is 7.91. The van der Waals surface area contributed by atoms with Crippen LogP contribution < -0.4 is 5.32 Å². The lowest BCUT2D eigenvalue weighted by Gasteiger charge is -2.08. The molecule has 18 heavy (non-hydrogen) atoms. The molecule has 1 N–H and O–H groups in total. The van der Waals surface area contributed by atoms with Crippen molar-refractivity contribution in [3.05, 3.63) is 41.4 Å². The lowest BCUT2D eigenvalue weighted by Crippen LogP contribution is -2.19. The first kappa shape index (κ1) is 13.3.